The Bertz CT molecular complexity index is 296. The molecule has 0 radical (unpaired) electrons. The summed E-state index contributed by atoms with van der Waals surface area (Å²) in [5.74, 6) is -0.187. The quantitative estimate of drug-likeness (QED) is 0.579. The van der Waals surface area contributed by atoms with Crippen molar-refractivity contribution in [3.63, 3.8) is 0 Å². The summed E-state index contributed by atoms with van der Waals surface area (Å²) in [5.41, 5.74) is 0. The highest BCUT2D eigenvalue weighted by Gasteiger charge is 2.23. The van der Waals surface area contributed by atoms with Gasteiger partial charge in [0.15, 0.2) is 6.04 Å². The van der Waals surface area contributed by atoms with Gasteiger partial charge in [-0.25, -0.2) is 9.59 Å². The Balaban J connectivity index is 2.29. The van der Waals surface area contributed by atoms with Gasteiger partial charge in [0.25, 0.3) is 0 Å². The monoisotopic (exact) mass is 258 g/mol. The summed E-state index contributed by atoms with van der Waals surface area (Å²) in [6.45, 7) is 2.13. The molecule has 1 aliphatic rings. The van der Waals surface area contributed by atoms with Gasteiger partial charge in [0.2, 0.25) is 0 Å². The normalized spacial score (nSPS) is 25.2. The Kier molecular flexibility index (Phi) is 5.91. The first-order valence-corrected chi connectivity index (χ1v) is 6.42. The second-order valence-electron chi connectivity index (χ2n) is 4.95. The highest BCUT2D eigenvalue weighted by atomic mass is 16.4. The number of aliphatic hydroxyl groups is 1. The molecule has 1 saturated carbocycles. The maximum atomic E-state index is 11.5. The van der Waals surface area contributed by atoms with Crippen molar-refractivity contribution in [2.45, 2.75) is 38.6 Å². The third kappa shape index (κ3) is 4.52. The molecule has 4 N–H and O–H groups in total. The molecule has 0 aromatic rings. The van der Waals surface area contributed by atoms with Crippen LogP contribution in [0.5, 0.6) is 0 Å². The van der Waals surface area contributed by atoms with E-state index in [1.54, 1.807) is 0 Å². The van der Waals surface area contributed by atoms with Gasteiger partial charge in [0, 0.05) is 6.54 Å². The van der Waals surface area contributed by atoms with Gasteiger partial charge in [-0.05, 0) is 18.3 Å². The lowest BCUT2D eigenvalue weighted by Gasteiger charge is -2.28. The number of urea groups is 1. The van der Waals surface area contributed by atoms with Gasteiger partial charge in [-0.1, -0.05) is 26.2 Å². The molecular formula is C12H22N2O4. The molecule has 0 saturated heterocycles. The van der Waals surface area contributed by atoms with Crippen LogP contribution < -0.4 is 10.6 Å². The molecule has 0 aromatic carbocycles. The molecule has 0 bridgehead atoms. The van der Waals surface area contributed by atoms with E-state index in [0.29, 0.717) is 18.4 Å². The smallest absolute Gasteiger partial charge is 0.328 e. The van der Waals surface area contributed by atoms with Crippen molar-refractivity contribution in [3.8, 4) is 0 Å². The summed E-state index contributed by atoms with van der Waals surface area (Å²) in [7, 11) is 0. The second kappa shape index (κ2) is 7.20. The molecule has 1 rings (SSSR count). The lowest BCUT2D eigenvalue weighted by Crippen LogP contribution is -2.49. The van der Waals surface area contributed by atoms with E-state index in [1.165, 1.54) is 19.3 Å². The summed E-state index contributed by atoms with van der Waals surface area (Å²) >= 11 is 0. The van der Waals surface area contributed by atoms with Crippen molar-refractivity contribution in [2.75, 3.05) is 13.2 Å². The molecule has 6 heteroatoms. The molecule has 0 heterocycles. The van der Waals surface area contributed by atoms with Crippen LogP contribution >= 0.6 is 0 Å². The van der Waals surface area contributed by atoms with Crippen molar-refractivity contribution in [3.05, 3.63) is 0 Å². The Morgan fingerprint density at radius 3 is 2.56 bits per heavy atom. The molecule has 1 fully saturated rings. The Hall–Kier alpha value is -1.30. The number of hydrogen-bond acceptors (Lipinski definition) is 3. The average Bonchev–Trinajstić information content (AvgIpc) is 2.34. The number of aliphatic carboxylic acids is 1. The fraction of sp³-hybridized carbons (Fsp3) is 0.833. The Labute approximate surface area is 107 Å². The number of carboxylic acid groups (broad SMARTS) is 1. The van der Waals surface area contributed by atoms with E-state index in [2.05, 4.69) is 17.6 Å². The minimum atomic E-state index is -1.24. The van der Waals surface area contributed by atoms with Gasteiger partial charge in [-0.3, -0.25) is 0 Å². The van der Waals surface area contributed by atoms with Crippen LogP contribution in [0.2, 0.25) is 0 Å². The highest BCUT2D eigenvalue weighted by molar-refractivity contribution is 5.82. The van der Waals surface area contributed by atoms with Gasteiger partial charge in [-0.15, -0.1) is 0 Å². The molecule has 0 aromatic heterocycles. The van der Waals surface area contributed by atoms with Crippen LogP contribution in [0, 0.1) is 11.8 Å². The molecule has 6 nitrogen and oxygen atoms in total. The third-order valence-electron chi connectivity index (χ3n) is 3.60. The van der Waals surface area contributed by atoms with Gasteiger partial charge < -0.3 is 20.8 Å². The fourth-order valence-electron chi connectivity index (χ4n) is 2.31. The van der Waals surface area contributed by atoms with Crippen molar-refractivity contribution < 1.29 is 19.8 Å². The zero-order valence-electron chi connectivity index (χ0n) is 10.7. The highest BCUT2D eigenvalue weighted by Crippen LogP contribution is 2.28. The maximum absolute atomic E-state index is 11.5. The second-order valence-corrected chi connectivity index (χ2v) is 4.95. The van der Waals surface area contributed by atoms with Crippen LogP contribution in [0.3, 0.4) is 0 Å². The molecule has 3 atom stereocenters. The van der Waals surface area contributed by atoms with E-state index in [9.17, 15) is 9.59 Å². The molecule has 18 heavy (non-hydrogen) atoms. The zero-order chi connectivity index (χ0) is 13.5. The average molecular weight is 258 g/mol. The lowest BCUT2D eigenvalue weighted by molar-refractivity contribution is -0.140. The van der Waals surface area contributed by atoms with Crippen molar-refractivity contribution in [1.29, 1.82) is 0 Å². The molecule has 1 aliphatic carbocycles. The largest absolute Gasteiger partial charge is 0.480 e. The number of hydrogen-bond donors (Lipinski definition) is 4. The predicted octanol–water partition coefficient (Wildman–Crippen LogP) is 0.557. The van der Waals surface area contributed by atoms with E-state index < -0.39 is 24.6 Å². The molecule has 104 valence electrons. The predicted molar refractivity (Wildman–Crippen MR) is 66.2 cm³/mol. The van der Waals surface area contributed by atoms with E-state index in [4.69, 9.17) is 10.2 Å². The molecule has 2 amide bonds. The molecule has 2 unspecified atom stereocenters. The number of aliphatic hydroxyl groups excluding tert-OH is 1. The molecular weight excluding hydrogens is 236 g/mol. The minimum absolute atomic E-state index is 0.460. The van der Waals surface area contributed by atoms with Gasteiger partial charge in [0.1, 0.15) is 0 Å². The van der Waals surface area contributed by atoms with E-state index >= 15 is 0 Å². The van der Waals surface area contributed by atoms with Crippen molar-refractivity contribution in [2.24, 2.45) is 11.8 Å². The Morgan fingerprint density at radius 1 is 1.33 bits per heavy atom. The molecule has 0 spiro atoms. The fourth-order valence-corrected chi connectivity index (χ4v) is 2.31. The van der Waals surface area contributed by atoms with Crippen LogP contribution in [0.1, 0.15) is 32.6 Å². The van der Waals surface area contributed by atoms with Crippen LogP contribution in [-0.4, -0.2) is 41.4 Å². The first kappa shape index (κ1) is 14.8. The standard InChI is InChI=1S/C12H22N2O4/c1-8-4-2-3-5-9(8)6-13-12(18)14-10(7-15)11(16)17/h8-10,15H,2-7H2,1H3,(H,16,17)(H2,13,14,18)/t8?,9?,10-/m0/s1. The number of rotatable bonds is 5. The van der Waals surface area contributed by atoms with Crippen LogP contribution in [0.25, 0.3) is 0 Å². The zero-order valence-corrected chi connectivity index (χ0v) is 10.7. The van der Waals surface area contributed by atoms with Crippen LogP contribution in [0.15, 0.2) is 0 Å². The van der Waals surface area contributed by atoms with Gasteiger partial charge in [-0.2, -0.15) is 0 Å². The van der Waals surface area contributed by atoms with Crippen LogP contribution in [-0.2, 0) is 4.79 Å². The van der Waals surface area contributed by atoms with Gasteiger partial charge >= 0.3 is 12.0 Å². The number of amides is 2. The van der Waals surface area contributed by atoms with Crippen LogP contribution in [0.4, 0.5) is 4.79 Å². The van der Waals surface area contributed by atoms with E-state index in [1.807, 2.05) is 0 Å². The minimum Gasteiger partial charge on any atom is -0.480 e. The summed E-state index contributed by atoms with van der Waals surface area (Å²) in [4.78, 5) is 22.1. The first-order valence-electron chi connectivity index (χ1n) is 6.42. The lowest BCUT2D eigenvalue weighted by atomic mass is 9.80. The van der Waals surface area contributed by atoms with Crippen molar-refractivity contribution in [1.82, 2.24) is 10.6 Å². The Morgan fingerprint density at radius 2 is 2.00 bits per heavy atom. The van der Waals surface area contributed by atoms with E-state index in [0.717, 1.165) is 6.42 Å². The topological polar surface area (TPSA) is 98.7 Å². The molecule has 0 aliphatic heterocycles. The first-order chi connectivity index (χ1) is 8.54. The van der Waals surface area contributed by atoms with Gasteiger partial charge in [0.05, 0.1) is 6.61 Å². The number of carboxylic acids is 1. The van der Waals surface area contributed by atoms with E-state index in [-0.39, 0.29) is 0 Å². The summed E-state index contributed by atoms with van der Waals surface area (Å²) < 4.78 is 0. The number of carbonyl (C=O) groups excluding carboxylic acids is 1. The summed E-state index contributed by atoms with van der Waals surface area (Å²) in [6.07, 6.45) is 4.72. The third-order valence-corrected chi connectivity index (χ3v) is 3.60. The SMILES string of the molecule is CC1CCCCC1CNC(=O)N[C@@H](CO)C(=O)O. The maximum Gasteiger partial charge on any atom is 0.328 e. The summed E-state index contributed by atoms with van der Waals surface area (Å²) in [6, 6.07) is -1.77. The number of carbonyl (C=O) groups is 2. The number of nitrogens with one attached hydrogen (secondary N) is 2. The van der Waals surface area contributed by atoms with Crippen molar-refractivity contribution >= 4 is 12.0 Å². The summed E-state index contributed by atoms with van der Waals surface area (Å²) in [5, 5.41) is 22.4.